The fourth-order valence-corrected chi connectivity index (χ4v) is 1.23. The quantitative estimate of drug-likeness (QED) is 0.785. The lowest BCUT2D eigenvalue weighted by molar-refractivity contribution is 0.466. The molecule has 0 atom stereocenters. The number of allylic oxidation sites excluding steroid dienone is 1. The van der Waals surface area contributed by atoms with Gasteiger partial charge in [-0.15, -0.1) is 0 Å². The maximum Gasteiger partial charge on any atom is 0.148 e. The molecule has 0 bridgehead atoms. The van der Waals surface area contributed by atoms with Gasteiger partial charge in [0, 0.05) is 0 Å². The summed E-state index contributed by atoms with van der Waals surface area (Å²) in [5.41, 5.74) is 0.215. The molecule has 0 radical (unpaired) electrons. The third-order valence-electron chi connectivity index (χ3n) is 1.44. The fourth-order valence-electron chi connectivity index (χ4n) is 0.881. The summed E-state index contributed by atoms with van der Waals surface area (Å²) in [6.45, 7) is 1.76. The van der Waals surface area contributed by atoms with E-state index in [4.69, 9.17) is 0 Å². The molecule has 0 amide bonds. The summed E-state index contributed by atoms with van der Waals surface area (Å²) in [6, 6.07) is 2.92. The topological polar surface area (TPSA) is 20.2 Å². The second-order valence-corrected chi connectivity index (χ2v) is 3.15. The lowest BCUT2D eigenvalue weighted by atomic mass is 10.2. The van der Waals surface area contributed by atoms with Gasteiger partial charge < -0.3 is 5.11 Å². The highest BCUT2D eigenvalue weighted by Crippen LogP contribution is 2.27. The van der Waals surface area contributed by atoms with Crippen LogP contribution in [0.1, 0.15) is 12.5 Å². The summed E-state index contributed by atoms with van der Waals surface area (Å²) < 4.78 is 13.5. The number of aromatic hydroxyl groups is 1. The number of phenols is 1. The summed E-state index contributed by atoms with van der Waals surface area (Å²) in [4.78, 5) is 0. The molecule has 0 aliphatic rings. The van der Waals surface area contributed by atoms with Crippen LogP contribution in [0.4, 0.5) is 4.39 Å². The van der Waals surface area contributed by atoms with Crippen LogP contribution in [0.5, 0.6) is 5.75 Å². The van der Waals surface area contributed by atoms with Crippen molar-refractivity contribution in [3.05, 3.63) is 34.1 Å². The van der Waals surface area contributed by atoms with E-state index >= 15 is 0 Å². The lowest BCUT2D eigenvalue weighted by Crippen LogP contribution is -1.84. The standard InChI is InChI=1S/C9H8BrFO/c1-2-3-6-8(12)5-4-7(10)9(6)11/h2-5,12H,1H3/b3-2+. The normalized spacial score (nSPS) is 10.9. The molecule has 1 N–H and O–H groups in total. The van der Waals surface area contributed by atoms with Gasteiger partial charge in [-0.3, -0.25) is 0 Å². The molecule has 1 rings (SSSR count). The van der Waals surface area contributed by atoms with E-state index in [1.54, 1.807) is 13.0 Å². The molecule has 0 aliphatic heterocycles. The van der Waals surface area contributed by atoms with Gasteiger partial charge in [0.1, 0.15) is 11.6 Å². The van der Waals surface area contributed by atoms with Gasteiger partial charge in [0.25, 0.3) is 0 Å². The van der Waals surface area contributed by atoms with E-state index in [0.717, 1.165) is 0 Å². The predicted molar refractivity (Wildman–Crippen MR) is 50.5 cm³/mol. The molecule has 0 heterocycles. The smallest absolute Gasteiger partial charge is 0.148 e. The first-order chi connectivity index (χ1) is 5.66. The molecule has 1 aromatic carbocycles. The van der Waals surface area contributed by atoms with Gasteiger partial charge in [-0.25, -0.2) is 4.39 Å². The van der Waals surface area contributed by atoms with Crippen molar-refractivity contribution in [1.29, 1.82) is 0 Å². The SMILES string of the molecule is C/C=C/c1c(O)ccc(Br)c1F. The molecule has 12 heavy (non-hydrogen) atoms. The molecule has 3 heteroatoms. The molecule has 0 saturated heterocycles. The Morgan fingerprint density at radius 2 is 2.17 bits per heavy atom. The molecule has 0 saturated carbocycles. The number of benzene rings is 1. The zero-order chi connectivity index (χ0) is 9.14. The van der Waals surface area contributed by atoms with E-state index in [2.05, 4.69) is 15.9 Å². The first kappa shape index (κ1) is 9.26. The van der Waals surface area contributed by atoms with Crippen molar-refractivity contribution < 1.29 is 9.50 Å². The molecule has 0 spiro atoms. The molecule has 1 aromatic rings. The Labute approximate surface area is 78.7 Å². The summed E-state index contributed by atoms with van der Waals surface area (Å²) in [5, 5.41) is 9.23. The number of rotatable bonds is 1. The van der Waals surface area contributed by atoms with Crippen LogP contribution in [-0.2, 0) is 0 Å². The largest absolute Gasteiger partial charge is 0.507 e. The average molecular weight is 231 g/mol. The van der Waals surface area contributed by atoms with Crippen LogP contribution in [0, 0.1) is 5.82 Å². The Morgan fingerprint density at radius 1 is 1.50 bits per heavy atom. The minimum absolute atomic E-state index is 0.0474. The monoisotopic (exact) mass is 230 g/mol. The van der Waals surface area contributed by atoms with Crippen LogP contribution in [0.15, 0.2) is 22.7 Å². The van der Waals surface area contributed by atoms with E-state index < -0.39 is 5.82 Å². The van der Waals surface area contributed by atoms with Crippen molar-refractivity contribution in [2.24, 2.45) is 0 Å². The first-order valence-electron chi connectivity index (χ1n) is 3.46. The summed E-state index contributed by atoms with van der Waals surface area (Å²) in [6.07, 6.45) is 3.19. The molecule has 0 aromatic heterocycles. The lowest BCUT2D eigenvalue weighted by Gasteiger charge is -2.01. The molecular weight excluding hydrogens is 223 g/mol. The Balaban J connectivity index is 3.32. The Hall–Kier alpha value is -0.830. The van der Waals surface area contributed by atoms with Crippen LogP contribution >= 0.6 is 15.9 Å². The fraction of sp³-hybridized carbons (Fsp3) is 0.111. The van der Waals surface area contributed by atoms with Gasteiger partial charge in [-0.2, -0.15) is 0 Å². The highest BCUT2D eigenvalue weighted by Gasteiger charge is 2.07. The number of halogens is 2. The van der Waals surface area contributed by atoms with Crippen molar-refractivity contribution in [1.82, 2.24) is 0 Å². The highest BCUT2D eigenvalue weighted by atomic mass is 79.9. The van der Waals surface area contributed by atoms with E-state index in [1.165, 1.54) is 18.2 Å². The van der Waals surface area contributed by atoms with E-state index in [0.29, 0.717) is 4.47 Å². The maximum absolute atomic E-state index is 13.2. The first-order valence-corrected chi connectivity index (χ1v) is 4.25. The van der Waals surface area contributed by atoms with Crippen LogP contribution < -0.4 is 0 Å². The number of hydrogen-bond acceptors (Lipinski definition) is 1. The van der Waals surface area contributed by atoms with Crippen molar-refractivity contribution in [3.63, 3.8) is 0 Å². The van der Waals surface area contributed by atoms with Crippen LogP contribution in [0.2, 0.25) is 0 Å². The Kier molecular flexibility index (Phi) is 2.87. The van der Waals surface area contributed by atoms with Crippen molar-refractivity contribution in [2.75, 3.05) is 0 Å². The average Bonchev–Trinajstić information content (AvgIpc) is 2.06. The number of phenolic OH excluding ortho intramolecular Hbond substituents is 1. The van der Waals surface area contributed by atoms with Gasteiger partial charge in [-0.1, -0.05) is 12.2 Å². The second kappa shape index (κ2) is 3.72. The van der Waals surface area contributed by atoms with Gasteiger partial charge in [0.05, 0.1) is 10.0 Å². The van der Waals surface area contributed by atoms with Crippen LogP contribution in [0.3, 0.4) is 0 Å². The van der Waals surface area contributed by atoms with Crippen molar-refractivity contribution in [2.45, 2.75) is 6.92 Å². The van der Waals surface area contributed by atoms with Gasteiger partial charge in [-0.05, 0) is 35.0 Å². The van der Waals surface area contributed by atoms with Crippen LogP contribution in [-0.4, -0.2) is 5.11 Å². The maximum atomic E-state index is 13.2. The van der Waals surface area contributed by atoms with Crippen LogP contribution in [0.25, 0.3) is 6.08 Å². The van der Waals surface area contributed by atoms with E-state index in [1.807, 2.05) is 0 Å². The minimum Gasteiger partial charge on any atom is -0.507 e. The number of hydrogen-bond donors (Lipinski definition) is 1. The highest BCUT2D eigenvalue weighted by molar-refractivity contribution is 9.10. The van der Waals surface area contributed by atoms with Gasteiger partial charge in [0.15, 0.2) is 0 Å². The molecule has 0 aliphatic carbocycles. The third-order valence-corrected chi connectivity index (χ3v) is 2.06. The molecular formula is C9H8BrFO. The molecule has 0 fully saturated rings. The Morgan fingerprint density at radius 3 is 2.75 bits per heavy atom. The summed E-state index contributed by atoms with van der Waals surface area (Å²) in [5.74, 6) is -0.484. The van der Waals surface area contributed by atoms with Gasteiger partial charge >= 0.3 is 0 Å². The third kappa shape index (κ3) is 1.67. The van der Waals surface area contributed by atoms with E-state index in [-0.39, 0.29) is 11.3 Å². The minimum atomic E-state index is -0.437. The predicted octanol–water partition coefficient (Wildman–Crippen LogP) is 3.33. The zero-order valence-electron chi connectivity index (χ0n) is 6.51. The summed E-state index contributed by atoms with van der Waals surface area (Å²) >= 11 is 3.03. The van der Waals surface area contributed by atoms with E-state index in [9.17, 15) is 9.50 Å². The molecule has 64 valence electrons. The Bertz CT molecular complexity index is 321. The van der Waals surface area contributed by atoms with Gasteiger partial charge in [0.2, 0.25) is 0 Å². The van der Waals surface area contributed by atoms with Crippen molar-refractivity contribution in [3.8, 4) is 5.75 Å². The molecule has 1 nitrogen and oxygen atoms in total. The summed E-state index contributed by atoms with van der Waals surface area (Å²) in [7, 11) is 0. The zero-order valence-corrected chi connectivity index (χ0v) is 8.10. The van der Waals surface area contributed by atoms with Crippen molar-refractivity contribution >= 4 is 22.0 Å². The second-order valence-electron chi connectivity index (χ2n) is 2.29. The molecule has 0 unspecified atom stereocenters.